The van der Waals surface area contributed by atoms with Crippen LogP contribution in [0.15, 0.2) is 59.5 Å². The van der Waals surface area contributed by atoms with Gasteiger partial charge in [0.2, 0.25) is 10.0 Å². The van der Waals surface area contributed by atoms with Crippen LogP contribution in [0.25, 0.3) is 11.6 Å². The summed E-state index contributed by atoms with van der Waals surface area (Å²) in [4.78, 5) is 14.4. The van der Waals surface area contributed by atoms with Crippen molar-refractivity contribution in [3.63, 3.8) is 0 Å². The lowest BCUT2D eigenvalue weighted by Gasteiger charge is -2.18. The van der Waals surface area contributed by atoms with E-state index >= 15 is 0 Å². The highest BCUT2D eigenvalue weighted by Crippen LogP contribution is 2.39. The number of amides is 1. The van der Waals surface area contributed by atoms with E-state index in [0.717, 1.165) is 10.4 Å². The number of carbonyl (C=O) groups excluding carboxylic acids is 1. The quantitative estimate of drug-likeness (QED) is 0.439. The molecule has 7 nitrogen and oxygen atoms in total. The molecule has 1 amide bonds. The monoisotopic (exact) mass is 514 g/mol. The second-order valence-electron chi connectivity index (χ2n) is 8.21. The summed E-state index contributed by atoms with van der Waals surface area (Å²) < 4.78 is 65.4. The first kappa shape index (κ1) is 25.3. The number of anilines is 1. The summed E-state index contributed by atoms with van der Waals surface area (Å²) in [7, 11) is 1.88. The summed E-state index contributed by atoms with van der Waals surface area (Å²) in [5.74, 6) is -0.863. The maximum atomic E-state index is 14.1. The lowest BCUT2D eigenvalue weighted by Crippen LogP contribution is -2.27. The zero-order valence-electron chi connectivity index (χ0n) is 20.1. The SMILES string of the molecule is COc1ccc(/C=C2/C(=O)N(C)c3ccc(S(=O)(=O)N(C)Cc4ccc(F)cc4F)cc32)cc1OC. The second kappa shape index (κ2) is 9.71. The van der Waals surface area contributed by atoms with Gasteiger partial charge in [-0.25, -0.2) is 17.2 Å². The third-order valence-electron chi connectivity index (χ3n) is 5.99. The highest BCUT2D eigenvalue weighted by Gasteiger charge is 2.32. The molecular weight excluding hydrogens is 490 g/mol. The average molecular weight is 515 g/mol. The van der Waals surface area contributed by atoms with Crippen LogP contribution in [-0.4, -0.2) is 46.9 Å². The molecule has 0 saturated carbocycles. The van der Waals surface area contributed by atoms with Crippen molar-refractivity contribution in [2.45, 2.75) is 11.4 Å². The van der Waals surface area contributed by atoms with Crippen LogP contribution in [-0.2, 0) is 21.4 Å². The number of hydrogen-bond acceptors (Lipinski definition) is 5. The first-order chi connectivity index (χ1) is 17.1. The molecule has 3 aromatic carbocycles. The Labute approximate surface area is 208 Å². The summed E-state index contributed by atoms with van der Waals surface area (Å²) in [6, 6.07) is 12.5. The summed E-state index contributed by atoms with van der Waals surface area (Å²) in [5.41, 5.74) is 2.00. The van der Waals surface area contributed by atoms with Crippen LogP contribution in [0.3, 0.4) is 0 Å². The van der Waals surface area contributed by atoms with E-state index in [1.165, 1.54) is 44.4 Å². The Morgan fingerprint density at radius 3 is 2.36 bits per heavy atom. The van der Waals surface area contributed by atoms with Crippen LogP contribution in [0.2, 0.25) is 0 Å². The van der Waals surface area contributed by atoms with E-state index in [2.05, 4.69) is 0 Å². The Morgan fingerprint density at radius 2 is 1.69 bits per heavy atom. The molecule has 0 fully saturated rings. The van der Waals surface area contributed by atoms with Crippen molar-refractivity contribution in [3.8, 4) is 11.5 Å². The molecule has 1 aliphatic heterocycles. The number of rotatable bonds is 7. The minimum atomic E-state index is -4.06. The maximum Gasteiger partial charge on any atom is 0.258 e. The van der Waals surface area contributed by atoms with Gasteiger partial charge in [0.1, 0.15) is 11.6 Å². The van der Waals surface area contributed by atoms with E-state index in [1.807, 2.05) is 0 Å². The first-order valence-corrected chi connectivity index (χ1v) is 12.3. The summed E-state index contributed by atoms with van der Waals surface area (Å²) >= 11 is 0. The Hall–Kier alpha value is -3.76. The zero-order valence-corrected chi connectivity index (χ0v) is 20.9. The van der Waals surface area contributed by atoms with E-state index in [4.69, 9.17) is 9.47 Å². The van der Waals surface area contributed by atoms with Gasteiger partial charge in [-0.1, -0.05) is 12.1 Å². The van der Waals surface area contributed by atoms with Crippen LogP contribution in [0.5, 0.6) is 11.5 Å². The third kappa shape index (κ3) is 4.57. The van der Waals surface area contributed by atoms with Crippen molar-refractivity contribution in [1.29, 1.82) is 0 Å². The highest BCUT2D eigenvalue weighted by molar-refractivity contribution is 7.89. The van der Waals surface area contributed by atoms with Gasteiger partial charge in [-0.05, 0) is 48.0 Å². The Bertz CT molecular complexity index is 1490. The highest BCUT2D eigenvalue weighted by atomic mass is 32.2. The van der Waals surface area contributed by atoms with Crippen LogP contribution in [0.1, 0.15) is 16.7 Å². The summed E-state index contributed by atoms with van der Waals surface area (Å²) in [5, 5.41) is 0. The predicted octanol–water partition coefficient (Wildman–Crippen LogP) is 4.32. The van der Waals surface area contributed by atoms with E-state index in [9.17, 15) is 22.0 Å². The third-order valence-corrected chi connectivity index (χ3v) is 7.79. The van der Waals surface area contributed by atoms with E-state index < -0.39 is 21.7 Å². The molecule has 4 rings (SSSR count). The summed E-state index contributed by atoms with van der Waals surface area (Å²) in [6.07, 6.45) is 1.65. The van der Waals surface area contributed by atoms with E-state index in [1.54, 1.807) is 37.4 Å². The average Bonchev–Trinajstić information content (AvgIpc) is 3.09. The molecule has 1 heterocycles. The minimum Gasteiger partial charge on any atom is -0.493 e. The molecule has 1 aliphatic rings. The van der Waals surface area contributed by atoms with Crippen molar-refractivity contribution in [2.24, 2.45) is 0 Å². The lowest BCUT2D eigenvalue weighted by molar-refractivity contribution is -0.112. The maximum absolute atomic E-state index is 14.1. The van der Waals surface area contributed by atoms with Gasteiger partial charge in [0, 0.05) is 43.4 Å². The molecule has 0 atom stereocenters. The molecule has 0 radical (unpaired) electrons. The second-order valence-corrected chi connectivity index (χ2v) is 10.3. The van der Waals surface area contributed by atoms with Gasteiger partial charge in [-0.3, -0.25) is 4.79 Å². The van der Waals surface area contributed by atoms with Crippen LogP contribution in [0.4, 0.5) is 14.5 Å². The van der Waals surface area contributed by atoms with Gasteiger partial charge in [-0.2, -0.15) is 4.31 Å². The summed E-state index contributed by atoms with van der Waals surface area (Å²) in [6.45, 7) is -0.293. The van der Waals surface area contributed by atoms with Crippen molar-refractivity contribution in [2.75, 3.05) is 33.2 Å². The van der Waals surface area contributed by atoms with Crippen molar-refractivity contribution >= 4 is 33.3 Å². The normalized spacial score (nSPS) is 14.5. The number of likely N-dealkylation sites (N-methyl/N-ethyl adjacent to an activating group) is 1. The fourth-order valence-corrected chi connectivity index (χ4v) is 5.17. The van der Waals surface area contributed by atoms with Crippen LogP contribution >= 0.6 is 0 Å². The number of fused-ring (bicyclic) bond motifs is 1. The molecule has 3 aromatic rings. The fourth-order valence-electron chi connectivity index (χ4n) is 3.99. The molecule has 0 spiro atoms. The topological polar surface area (TPSA) is 76.2 Å². The fraction of sp³-hybridized carbons (Fsp3) is 0.192. The molecule has 0 aromatic heterocycles. The standard InChI is InChI=1S/C26H24F2N2O5S/c1-29(15-17-6-7-18(27)13-22(17)28)36(32,33)19-8-9-23-20(14-19)21(26(31)30(23)2)11-16-5-10-24(34-3)25(12-16)35-4/h5-14H,15H2,1-4H3/b21-11+. The van der Waals surface area contributed by atoms with Gasteiger partial charge in [0.05, 0.1) is 24.8 Å². The molecule has 10 heteroatoms. The number of benzene rings is 3. The first-order valence-electron chi connectivity index (χ1n) is 10.8. The molecule has 0 aliphatic carbocycles. The molecule has 0 unspecified atom stereocenters. The molecule has 0 bridgehead atoms. The van der Waals surface area contributed by atoms with E-state index in [0.29, 0.717) is 40.0 Å². The van der Waals surface area contributed by atoms with Crippen molar-refractivity contribution < 1.29 is 31.5 Å². The number of hydrogen-bond donors (Lipinski definition) is 0. The number of carbonyl (C=O) groups is 1. The van der Waals surface area contributed by atoms with Crippen molar-refractivity contribution in [1.82, 2.24) is 4.31 Å². The van der Waals surface area contributed by atoms with Gasteiger partial charge < -0.3 is 14.4 Å². The Balaban J connectivity index is 1.72. The van der Waals surface area contributed by atoms with E-state index in [-0.39, 0.29) is 22.9 Å². The van der Waals surface area contributed by atoms with Crippen LogP contribution in [0, 0.1) is 11.6 Å². The van der Waals surface area contributed by atoms with Gasteiger partial charge >= 0.3 is 0 Å². The molecule has 188 valence electrons. The smallest absolute Gasteiger partial charge is 0.258 e. The van der Waals surface area contributed by atoms with Crippen molar-refractivity contribution in [3.05, 3.63) is 82.9 Å². The number of nitrogens with zero attached hydrogens (tertiary/aromatic N) is 2. The Morgan fingerprint density at radius 1 is 0.972 bits per heavy atom. The minimum absolute atomic E-state index is 0.0348. The predicted molar refractivity (Wildman–Crippen MR) is 132 cm³/mol. The van der Waals surface area contributed by atoms with Gasteiger partial charge in [0.25, 0.3) is 5.91 Å². The van der Waals surface area contributed by atoms with Gasteiger partial charge in [-0.15, -0.1) is 0 Å². The number of sulfonamides is 1. The molecule has 0 N–H and O–H groups in total. The molecule has 36 heavy (non-hydrogen) atoms. The van der Waals surface area contributed by atoms with Crippen LogP contribution < -0.4 is 14.4 Å². The zero-order chi connectivity index (χ0) is 26.2. The molecule has 0 saturated heterocycles. The Kier molecular flexibility index (Phi) is 6.83. The number of methoxy groups -OCH3 is 2. The van der Waals surface area contributed by atoms with Gasteiger partial charge in [0.15, 0.2) is 11.5 Å². The lowest BCUT2D eigenvalue weighted by atomic mass is 10.0. The largest absolute Gasteiger partial charge is 0.493 e. The number of ether oxygens (including phenoxy) is 2. The molecular formula is C26H24F2N2O5S. The number of halogens is 2.